The Morgan fingerprint density at radius 2 is 1.90 bits per heavy atom. The van der Waals surface area contributed by atoms with Gasteiger partial charge in [0.05, 0.1) is 25.2 Å². The monoisotopic (exact) mass is 420 g/mol. The number of nitrogens with zero attached hydrogens (tertiary/aromatic N) is 2. The van der Waals surface area contributed by atoms with E-state index >= 15 is 0 Å². The number of ether oxygens (including phenoxy) is 1. The largest absolute Gasteiger partial charge is 0.497 e. The number of likely N-dealkylation sites (N-methyl/N-ethyl adjacent to an activating group) is 1. The van der Waals surface area contributed by atoms with Crippen LogP contribution in [0, 0.1) is 5.92 Å². The lowest BCUT2D eigenvalue weighted by atomic mass is 9.75. The SMILES string of the molecule is COc1ccc([C@]2(CC(=O)N(C)C[C@@H](O)CO)CC(=O)N(CCC(C)C)C2=O)cc1. The molecule has 0 aliphatic carbocycles. The minimum atomic E-state index is -1.30. The van der Waals surface area contributed by atoms with E-state index in [4.69, 9.17) is 9.84 Å². The normalized spacial score (nSPS) is 20.0. The Bertz CT molecular complexity index is 763. The number of hydrogen-bond donors (Lipinski definition) is 2. The summed E-state index contributed by atoms with van der Waals surface area (Å²) < 4.78 is 5.19. The lowest BCUT2D eigenvalue weighted by Crippen LogP contribution is -2.44. The van der Waals surface area contributed by atoms with E-state index in [9.17, 15) is 19.5 Å². The van der Waals surface area contributed by atoms with Gasteiger partial charge in [-0.3, -0.25) is 19.3 Å². The summed E-state index contributed by atoms with van der Waals surface area (Å²) in [6.07, 6.45) is -0.665. The summed E-state index contributed by atoms with van der Waals surface area (Å²) >= 11 is 0. The fraction of sp³-hybridized carbons (Fsp3) is 0.591. The van der Waals surface area contributed by atoms with Crippen LogP contribution in [0.1, 0.15) is 38.7 Å². The van der Waals surface area contributed by atoms with E-state index in [1.54, 1.807) is 24.3 Å². The predicted molar refractivity (Wildman–Crippen MR) is 111 cm³/mol. The quantitative estimate of drug-likeness (QED) is 0.546. The van der Waals surface area contributed by atoms with Crippen molar-refractivity contribution in [1.82, 2.24) is 9.80 Å². The number of aliphatic hydroxyl groups excluding tert-OH is 2. The second-order valence-corrected chi connectivity index (χ2v) is 8.31. The Hall–Kier alpha value is -2.45. The first kappa shape index (κ1) is 23.8. The molecule has 0 aromatic heterocycles. The van der Waals surface area contributed by atoms with Gasteiger partial charge in [-0.2, -0.15) is 0 Å². The molecule has 1 aromatic rings. The number of carbonyl (C=O) groups is 3. The van der Waals surface area contributed by atoms with E-state index in [1.807, 2.05) is 13.8 Å². The summed E-state index contributed by atoms with van der Waals surface area (Å²) in [5.74, 6) is -0.110. The van der Waals surface area contributed by atoms with Crippen molar-refractivity contribution in [1.29, 1.82) is 0 Å². The van der Waals surface area contributed by atoms with Crippen LogP contribution in [0.4, 0.5) is 0 Å². The summed E-state index contributed by atoms with van der Waals surface area (Å²) in [6, 6.07) is 6.84. The topological polar surface area (TPSA) is 107 Å². The maximum absolute atomic E-state index is 13.5. The second kappa shape index (κ2) is 10.0. The van der Waals surface area contributed by atoms with Gasteiger partial charge in [0.1, 0.15) is 5.75 Å². The van der Waals surface area contributed by atoms with Crippen molar-refractivity contribution in [2.24, 2.45) is 5.92 Å². The van der Waals surface area contributed by atoms with Gasteiger partial charge in [-0.05, 0) is 30.0 Å². The van der Waals surface area contributed by atoms with Crippen LogP contribution in [0.3, 0.4) is 0 Å². The van der Waals surface area contributed by atoms with Gasteiger partial charge in [0.25, 0.3) is 0 Å². The molecule has 1 fully saturated rings. The Balaban J connectivity index is 2.37. The van der Waals surface area contributed by atoms with Gasteiger partial charge in [-0.25, -0.2) is 0 Å². The summed E-state index contributed by atoms with van der Waals surface area (Å²) in [5, 5.41) is 18.7. The smallest absolute Gasteiger partial charge is 0.240 e. The average Bonchev–Trinajstić information content (AvgIpc) is 2.96. The number of rotatable bonds is 10. The molecule has 0 unspecified atom stereocenters. The molecule has 2 rings (SSSR count). The fourth-order valence-corrected chi connectivity index (χ4v) is 3.66. The van der Waals surface area contributed by atoms with Crippen LogP contribution < -0.4 is 4.74 Å². The molecule has 3 amide bonds. The number of likely N-dealkylation sites (tertiary alicyclic amines) is 1. The van der Waals surface area contributed by atoms with Crippen LogP contribution in [0.25, 0.3) is 0 Å². The first-order valence-corrected chi connectivity index (χ1v) is 10.2. The minimum absolute atomic E-state index is 0.0623. The van der Waals surface area contributed by atoms with Crippen LogP contribution in [-0.4, -0.2) is 77.7 Å². The van der Waals surface area contributed by atoms with Crippen molar-refractivity contribution in [2.75, 3.05) is 33.9 Å². The maximum Gasteiger partial charge on any atom is 0.240 e. The number of imide groups is 1. The number of methoxy groups -OCH3 is 1. The van der Waals surface area contributed by atoms with E-state index in [0.29, 0.717) is 30.2 Å². The van der Waals surface area contributed by atoms with Crippen molar-refractivity contribution in [3.8, 4) is 5.75 Å². The van der Waals surface area contributed by atoms with Crippen LogP contribution >= 0.6 is 0 Å². The van der Waals surface area contributed by atoms with Crippen molar-refractivity contribution in [3.05, 3.63) is 29.8 Å². The number of aliphatic hydroxyl groups is 2. The predicted octanol–water partition coefficient (Wildman–Crippen LogP) is 0.940. The van der Waals surface area contributed by atoms with Crippen molar-refractivity contribution in [2.45, 2.75) is 44.6 Å². The van der Waals surface area contributed by atoms with E-state index in [0.717, 1.165) is 0 Å². The van der Waals surface area contributed by atoms with Crippen molar-refractivity contribution in [3.63, 3.8) is 0 Å². The summed E-state index contributed by atoms with van der Waals surface area (Å²) in [5.41, 5.74) is -0.714. The number of benzene rings is 1. The van der Waals surface area contributed by atoms with Gasteiger partial charge in [0, 0.05) is 33.0 Å². The molecule has 2 atom stereocenters. The van der Waals surface area contributed by atoms with Gasteiger partial charge in [0.2, 0.25) is 17.7 Å². The Kier molecular flexibility index (Phi) is 7.97. The lowest BCUT2D eigenvalue weighted by Gasteiger charge is -2.30. The molecule has 2 N–H and O–H groups in total. The zero-order valence-corrected chi connectivity index (χ0v) is 18.1. The molecule has 30 heavy (non-hydrogen) atoms. The molecule has 0 spiro atoms. The third-order valence-electron chi connectivity index (χ3n) is 5.56. The molecule has 0 radical (unpaired) electrons. The molecule has 1 aliphatic heterocycles. The van der Waals surface area contributed by atoms with E-state index in [2.05, 4.69) is 0 Å². The lowest BCUT2D eigenvalue weighted by molar-refractivity contribution is -0.142. The molecule has 0 saturated carbocycles. The summed E-state index contributed by atoms with van der Waals surface area (Å²) in [6.45, 7) is 3.83. The van der Waals surface area contributed by atoms with E-state index in [-0.39, 0.29) is 37.1 Å². The van der Waals surface area contributed by atoms with Crippen LogP contribution in [-0.2, 0) is 19.8 Å². The minimum Gasteiger partial charge on any atom is -0.497 e. The first-order chi connectivity index (χ1) is 14.1. The van der Waals surface area contributed by atoms with Gasteiger partial charge in [-0.1, -0.05) is 26.0 Å². The molecule has 0 bridgehead atoms. The van der Waals surface area contributed by atoms with Gasteiger partial charge < -0.3 is 19.8 Å². The highest BCUT2D eigenvalue weighted by molar-refractivity contribution is 6.10. The molecule has 1 saturated heterocycles. The molecule has 1 aliphatic rings. The molecule has 1 heterocycles. The first-order valence-electron chi connectivity index (χ1n) is 10.2. The van der Waals surface area contributed by atoms with E-state index in [1.165, 1.54) is 24.0 Å². The number of amides is 3. The second-order valence-electron chi connectivity index (χ2n) is 8.31. The molecular weight excluding hydrogens is 388 g/mol. The zero-order chi connectivity index (χ0) is 22.5. The molecule has 8 heteroatoms. The van der Waals surface area contributed by atoms with Crippen LogP contribution in [0.15, 0.2) is 24.3 Å². The standard InChI is InChI=1S/C22H32N2O6/c1-15(2)9-10-24-20(28)12-22(21(24)29,16-5-7-18(30-4)8-6-16)11-19(27)23(3)13-17(26)14-25/h5-8,15,17,25-26H,9-14H2,1-4H3/t17-,22+/m1/s1. The molecule has 1 aromatic carbocycles. The Labute approximate surface area is 177 Å². The van der Waals surface area contributed by atoms with Gasteiger partial charge >= 0.3 is 0 Å². The van der Waals surface area contributed by atoms with Crippen LogP contribution in [0.2, 0.25) is 0 Å². The van der Waals surface area contributed by atoms with Gasteiger partial charge in [-0.15, -0.1) is 0 Å². The Morgan fingerprint density at radius 3 is 2.43 bits per heavy atom. The average molecular weight is 421 g/mol. The molecular formula is C22H32N2O6. The van der Waals surface area contributed by atoms with Crippen molar-refractivity contribution >= 4 is 17.7 Å². The van der Waals surface area contributed by atoms with Gasteiger partial charge in [0.15, 0.2) is 0 Å². The van der Waals surface area contributed by atoms with Crippen molar-refractivity contribution < 1.29 is 29.3 Å². The highest BCUT2D eigenvalue weighted by atomic mass is 16.5. The fourth-order valence-electron chi connectivity index (χ4n) is 3.66. The highest BCUT2D eigenvalue weighted by Gasteiger charge is 2.53. The third kappa shape index (κ3) is 5.17. The number of carbonyl (C=O) groups excluding carboxylic acids is 3. The summed E-state index contributed by atoms with van der Waals surface area (Å²) in [7, 11) is 3.04. The van der Waals surface area contributed by atoms with Crippen LogP contribution in [0.5, 0.6) is 5.75 Å². The zero-order valence-electron chi connectivity index (χ0n) is 18.1. The Morgan fingerprint density at radius 1 is 1.27 bits per heavy atom. The maximum atomic E-state index is 13.5. The summed E-state index contributed by atoms with van der Waals surface area (Å²) in [4.78, 5) is 41.7. The third-order valence-corrected chi connectivity index (χ3v) is 5.56. The molecule has 8 nitrogen and oxygen atoms in total. The van der Waals surface area contributed by atoms with E-state index < -0.39 is 18.1 Å². The molecule has 166 valence electrons. The highest BCUT2D eigenvalue weighted by Crippen LogP contribution is 2.41. The number of hydrogen-bond acceptors (Lipinski definition) is 6.